The molecule has 0 aromatic heterocycles. The summed E-state index contributed by atoms with van der Waals surface area (Å²) in [5.74, 6) is 0. The molecule has 0 radical (unpaired) electrons. The Morgan fingerprint density at radius 3 is 1.17 bits per heavy atom. The summed E-state index contributed by atoms with van der Waals surface area (Å²) in [4.78, 5) is 0. The fourth-order valence-corrected chi connectivity index (χ4v) is 1.30. The van der Waals surface area contributed by atoms with Gasteiger partial charge in [0.15, 0.2) is 0 Å². The summed E-state index contributed by atoms with van der Waals surface area (Å²) >= 11 is 0.0833. The van der Waals surface area contributed by atoms with E-state index in [0.29, 0.717) is 0 Å². The van der Waals surface area contributed by atoms with E-state index in [1.165, 1.54) is 17.6 Å². The van der Waals surface area contributed by atoms with Crippen LogP contribution in [0.5, 0.6) is 0 Å². The van der Waals surface area contributed by atoms with Crippen LogP contribution in [-0.4, -0.2) is 0 Å². The summed E-state index contributed by atoms with van der Waals surface area (Å²) in [6.07, 6.45) is 1.21. The molecule has 0 nitrogen and oxygen atoms in total. The Labute approximate surface area is 88.5 Å². The van der Waals surface area contributed by atoms with Gasteiger partial charge >= 0.3 is 32.3 Å². The van der Waals surface area contributed by atoms with E-state index in [2.05, 4.69) is 37.1 Å². The van der Waals surface area contributed by atoms with Gasteiger partial charge in [-0.25, -0.2) is 0 Å². The Morgan fingerprint density at radius 2 is 1.08 bits per heavy atom. The van der Waals surface area contributed by atoms with Crippen LogP contribution < -0.4 is 0 Å². The van der Waals surface area contributed by atoms with Crippen molar-refractivity contribution in [3.05, 3.63) is 22.3 Å². The Kier molecular flexibility index (Phi) is 6.08. The van der Waals surface area contributed by atoms with Crippen molar-refractivity contribution in [2.24, 2.45) is 0 Å². The third-order valence-corrected chi connectivity index (χ3v) is 2.37. The van der Waals surface area contributed by atoms with Gasteiger partial charge < -0.3 is 0 Å². The predicted octanol–water partition coefficient (Wildman–Crippen LogP) is 4.23. The molecule has 1 aliphatic carbocycles. The van der Waals surface area contributed by atoms with E-state index in [-0.39, 0.29) is 22.9 Å². The fourth-order valence-electron chi connectivity index (χ4n) is 1.30. The molecule has 0 saturated heterocycles. The number of allylic oxidation sites excluding steroid dienone is 4. The van der Waals surface area contributed by atoms with Crippen molar-refractivity contribution in [1.82, 2.24) is 0 Å². The first kappa shape index (κ1) is 12.4. The van der Waals surface area contributed by atoms with Gasteiger partial charge in [-0.3, -0.25) is 0 Å². The summed E-state index contributed by atoms with van der Waals surface area (Å²) < 4.78 is 4.64. The van der Waals surface area contributed by atoms with Gasteiger partial charge in [0, 0.05) is 0 Å². The molecule has 68 valence electrons. The molecule has 0 N–H and O–H groups in total. The molecule has 1 aliphatic rings. The van der Waals surface area contributed by atoms with Crippen molar-refractivity contribution in [2.45, 2.75) is 43.5 Å². The van der Waals surface area contributed by atoms with Gasteiger partial charge in [-0.15, -0.1) is 0 Å². The van der Waals surface area contributed by atoms with E-state index in [9.17, 15) is 0 Å². The summed E-state index contributed by atoms with van der Waals surface area (Å²) in [7, 11) is 0. The van der Waals surface area contributed by atoms with Crippen molar-refractivity contribution in [2.75, 3.05) is 0 Å². The van der Waals surface area contributed by atoms with E-state index in [1.807, 2.05) is 0 Å². The van der Waals surface area contributed by atoms with E-state index >= 15 is 0 Å². The zero-order chi connectivity index (χ0) is 9.72. The average molecular weight is 331 g/mol. The van der Waals surface area contributed by atoms with Gasteiger partial charge in [-0.05, 0) is 45.3 Å². The van der Waals surface area contributed by atoms with Crippen molar-refractivity contribution in [1.29, 1.82) is 0 Å². The number of rotatable bonds is 0. The molecule has 0 bridgehead atoms. The summed E-state index contributed by atoms with van der Waals surface area (Å²) in [6, 6.07) is 0. The van der Waals surface area contributed by atoms with Crippen LogP contribution in [0.25, 0.3) is 0 Å². The van der Waals surface area contributed by atoms with Crippen molar-refractivity contribution < 1.29 is 22.9 Å². The number of hydrogen-bond donors (Lipinski definition) is 0. The van der Waals surface area contributed by atoms with Crippen LogP contribution in [0.2, 0.25) is 9.36 Å². The van der Waals surface area contributed by atoms with E-state index in [4.69, 9.17) is 0 Å². The van der Waals surface area contributed by atoms with E-state index in [1.54, 1.807) is 11.1 Å². The van der Waals surface area contributed by atoms with Gasteiger partial charge in [0.2, 0.25) is 0 Å². The molecule has 0 unspecified atom stereocenters. The predicted molar refractivity (Wildman–Crippen MR) is 53.1 cm³/mol. The summed E-state index contributed by atoms with van der Waals surface area (Å²) in [6.45, 7) is 8.85. The second-order valence-electron chi connectivity index (χ2n) is 3.49. The van der Waals surface area contributed by atoms with Crippen LogP contribution in [0.1, 0.15) is 34.1 Å². The molecule has 0 heterocycles. The standard InChI is InChI=1S/C9H14.2CH3.Hf/c1-6-5-7(2)9(4)8(6)3;;;/h5H2,1-4H3;2*1H3;. The summed E-state index contributed by atoms with van der Waals surface area (Å²) in [5, 5.41) is 0. The minimum absolute atomic E-state index is 0.0833. The second-order valence-corrected chi connectivity index (χ2v) is 7.08. The van der Waals surface area contributed by atoms with Crippen LogP contribution in [-0.2, 0) is 22.9 Å². The van der Waals surface area contributed by atoms with Gasteiger partial charge in [-0.2, -0.15) is 0 Å². The molecule has 0 aromatic carbocycles. The average Bonchev–Trinajstić information content (AvgIpc) is 2.20. The van der Waals surface area contributed by atoms with Crippen LogP contribution in [0.3, 0.4) is 0 Å². The maximum absolute atomic E-state index is 2.32. The first-order valence-corrected chi connectivity index (χ1v) is 11.6. The zero-order valence-corrected chi connectivity index (χ0v) is 12.8. The Balaban J connectivity index is 0.000000354. The molecule has 1 heteroatoms. The van der Waals surface area contributed by atoms with Crippen molar-refractivity contribution >= 4 is 0 Å². The molecule has 0 saturated carbocycles. The third-order valence-electron chi connectivity index (χ3n) is 2.37. The SMILES string of the molecule is CC1=C(C)C(C)=C(C)C1.[CH3][Hf][CH3]. The van der Waals surface area contributed by atoms with Gasteiger partial charge in [0.05, 0.1) is 0 Å². The molecule has 0 atom stereocenters. The second kappa shape index (κ2) is 5.90. The Hall–Kier alpha value is 0.350. The summed E-state index contributed by atoms with van der Waals surface area (Å²) in [5.41, 5.74) is 6.11. The Morgan fingerprint density at radius 1 is 0.833 bits per heavy atom. The first-order valence-electron chi connectivity index (χ1n) is 4.46. The molecule has 0 aliphatic heterocycles. The zero-order valence-electron chi connectivity index (χ0n) is 9.21. The van der Waals surface area contributed by atoms with Gasteiger partial charge in [0.25, 0.3) is 0 Å². The molecule has 0 aromatic rings. The quantitative estimate of drug-likeness (QED) is 0.583. The third kappa shape index (κ3) is 3.38. The van der Waals surface area contributed by atoms with Crippen molar-refractivity contribution in [3.63, 3.8) is 0 Å². The minimum atomic E-state index is 0.0833. The molecule has 0 fully saturated rings. The monoisotopic (exact) mass is 332 g/mol. The van der Waals surface area contributed by atoms with Crippen LogP contribution in [0, 0.1) is 0 Å². The fraction of sp³-hybridized carbons (Fsp3) is 0.636. The molecule has 0 amide bonds. The van der Waals surface area contributed by atoms with Gasteiger partial charge in [0.1, 0.15) is 0 Å². The van der Waals surface area contributed by atoms with E-state index < -0.39 is 0 Å². The number of hydrogen-bond acceptors (Lipinski definition) is 0. The molecular formula is C11H20Hf. The first-order chi connectivity index (χ1) is 5.54. The van der Waals surface area contributed by atoms with Crippen LogP contribution in [0.15, 0.2) is 22.3 Å². The molecule has 12 heavy (non-hydrogen) atoms. The molecule has 0 spiro atoms. The van der Waals surface area contributed by atoms with Gasteiger partial charge in [-0.1, -0.05) is 11.1 Å². The maximum atomic E-state index is 2.32. The van der Waals surface area contributed by atoms with Crippen LogP contribution in [0.4, 0.5) is 0 Å². The Bertz CT molecular complexity index is 187. The molecule has 1 rings (SSSR count). The van der Waals surface area contributed by atoms with Crippen molar-refractivity contribution in [3.8, 4) is 0 Å². The normalized spacial score (nSPS) is 16.2. The van der Waals surface area contributed by atoms with Crippen LogP contribution >= 0.6 is 0 Å². The molecular weight excluding hydrogens is 311 g/mol. The van der Waals surface area contributed by atoms with E-state index in [0.717, 1.165) is 0 Å². The topological polar surface area (TPSA) is 0 Å².